The molecule has 1 saturated heterocycles. The van der Waals surface area contributed by atoms with Crippen molar-refractivity contribution >= 4 is 5.91 Å². The molecule has 0 bridgehead atoms. The van der Waals surface area contributed by atoms with Gasteiger partial charge in [-0.15, -0.1) is 0 Å². The topological polar surface area (TPSA) is 56.1 Å². The summed E-state index contributed by atoms with van der Waals surface area (Å²) in [6.45, 7) is 1.25. The Hall–Kier alpha value is -2.21. The fourth-order valence-electron chi connectivity index (χ4n) is 2.37. The summed E-state index contributed by atoms with van der Waals surface area (Å²) >= 11 is 0. The highest BCUT2D eigenvalue weighted by atomic mass is 19.1. The molecule has 1 atom stereocenters. The van der Waals surface area contributed by atoms with Crippen LogP contribution in [0.25, 0.3) is 5.69 Å². The van der Waals surface area contributed by atoms with E-state index in [4.69, 9.17) is 4.74 Å². The number of imidazole rings is 1. The van der Waals surface area contributed by atoms with Crippen molar-refractivity contribution in [2.45, 2.75) is 18.9 Å². The van der Waals surface area contributed by atoms with E-state index in [0.717, 1.165) is 19.4 Å². The third-order valence-corrected chi connectivity index (χ3v) is 3.49. The lowest BCUT2D eigenvalue weighted by Crippen LogP contribution is -2.32. The van der Waals surface area contributed by atoms with Gasteiger partial charge in [0.05, 0.1) is 18.6 Å². The highest BCUT2D eigenvalue weighted by molar-refractivity contribution is 5.93. The second-order valence-electron chi connectivity index (χ2n) is 4.97. The number of hydrogen-bond acceptors (Lipinski definition) is 3. The van der Waals surface area contributed by atoms with E-state index in [2.05, 4.69) is 10.3 Å². The van der Waals surface area contributed by atoms with Crippen molar-refractivity contribution in [3.05, 3.63) is 48.3 Å². The van der Waals surface area contributed by atoms with E-state index in [1.807, 2.05) is 0 Å². The van der Waals surface area contributed by atoms with E-state index in [1.54, 1.807) is 16.7 Å². The van der Waals surface area contributed by atoms with Crippen LogP contribution in [0, 0.1) is 5.82 Å². The minimum Gasteiger partial charge on any atom is -0.376 e. The van der Waals surface area contributed by atoms with Crippen LogP contribution in [0.15, 0.2) is 36.8 Å². The van der Waals surface area contributed by atoms with Gasteiger partial charge in [-0.1, -0.05) is 0 Å². The van der Waals surface area contributed by atoms with Crippen LogP contribution in [0.2, 0.25) is 0 Å². The van der Waals surface area contributed by atoms with Gasteiger partial charge in [0.1, 0.15) is 11.5 Å². The quantitative estimate of drug-likeness (QED) is 0.935. The number of aromatic nitrogens is 2. The number of carbonyl (C=O) groups excluding carboxylic acids is 1. The Labute approximate surface area is 121 Å². The van der Waals surface area contributed by atoms with Crippen LogP contribution in [0.1, 0.15) is 23.3 Å². The molecule has 2 heterocycles. The molecule has 0 saturated carbocycles. The summed E-state index contributed by atoms with van der Waals surface area (Å²) in [6, 6.07) is 5.91. The second-order valence-corrected chi connectivity index (χ2v) is 4.97. The SMILES string of the molecule is O=C(NC[C@@H]1CCCO1)c1cncn1-c1ccc(F)cc1. The number of carbonyl (C=O) groups is 1. The molecule has 1 fully saturated rings. The smallest absolute Gasteiger partial charge is 0.270 e. The van der Waals surface area contributed by atoms with Crippen LogP contribution in [0.3, 0.4) is 0 Å². The number of nitrogens with one attached hydrogen (secondary N) is 1. The van der Waals surface area contributed by atoms with Gasteiger partial charge in [0.15, 0.2) is 0 Å². The fraction of sp³-hybridized carbons (Fsp3) is 0.333. The molecular formula is C15H16FN3O2. The van der Waals surface area contributed by atoms with Crippen molar-refractivity contribution < 1.29 is 13.9 Å². The van der Waals surface area contributed by atoms with Crippen LogP contribution in [-0.2, 0) is 4.74 Å². The summed E-state index contributed by atoms with van der Waals surface area (Å²) in [5.74, 6) is -0.532. The van der Waals surface area contributed by atoms with Gasteiger partial charge in [0, 0.05) is 18.8 Å². The third kappa shape index (κ3) is 3.11. The number of benzene rings is 1. The van der Waals surface area contributed by atoms with Gasteiger partial charge in [-0.2, -0.15) is 0 Å². The Morgan fingerprint density at radius 3 is 2.95 bits per heavy atom. The largest absolute Gasteiger partial charge is 0.376 e. The number of hydrogen-bond donors (Lipinski definition) is 1. The van der Waals surface area contributed by atoms with Crippen molar-refractivity contribution in [1.82, 2.24) is 14.9 Å². The van der Waals surface area contributed by atoms with Gasteiger partial charge >= 0.3 is 0 Å². The fourth-order valence-corrected chi connectivity index (χ4v) is 2.37. The minimum absolute atomic E-state index is 0.0937. The molecule has 0 radical (unpaired) electrons. The van der Waals surface area contributed by atoms with Gasteiger partial charge in [-0.05, 0) is 37.1 Å². The van der Waals surface area contributed by atoms with Crippen LogP contribution in [0.5, 0.6) is 0 Å². The average Bonchev–Trinajstić information content (AvgIpc) is 3.17. The van der Waals surface area contributed by atoms with Crippen molar-refractivity contribution in [2.24, 2.45) is 0 Å². The van der Waals surface area contributed by atoms with E-state index < -0.39 is 0 Å². The van der Waals surface area contributed by atoms with E-state index in [-0.39, 0.29) is 17.8 Å². The van der Waals surface area contributed by atoms with Crippen LogP contribution >= 0.6 is 0 Å². The maximum Gasteiger partial charge on any atom is 0.270 e. The molecule has 2 aromatic rings. The summed E-state index contributed by atoms with van der Waals surface area (Å²) in [5, 5.41) is 2.85. The normalized spacial score (nSPS) is 17.9. The Kier molecular flexibility index (Phi) is 3.96. The Bertz CT molecular complexity index is 618. The van der Waals surface area contributed by atoms with Crippen molar-refractivity contribution in [1.29, 1.82) is 0 Å². The Morgan fingerprint density at radius 1 is 1.43 bits per heavy atom. The molecule has 0 spiro atoms. The highest BCUT2D eigenvalue weighted by Gasteiger charge is 2.18. The molecule has 3 rings (SSSR count). The average molecular weight is 289 g/mol. The molecule has 5 nitrogen and oxygen atoms in total. The molecule has 1 aromatic heterocycles. The summed E-state index contributed by atoms with van der Waals surface area (Å²) < 4.78 is 20.1. The summed E-state index contributed by atoms with van der Waals surface area (Å²) in [5.41, 5.74) is 1.11. The zero-order chi connectivity index (χ0) is 14.7. The predicted octanol–water partition coefficient (Wildman–Crippen LogP) is 1.92. The number of ether oxygens (including phenoxy) is 1. The summed E-state index contributed by atoms with van der Waals surface area (Å²) in [7, 11) is 0. The highest BCUT2D eigenvalue weighted by Crippen LogP contribution is 2.13. The van der Waals surface area contributed by atoms with Gasteiger partial charge in [-0.3, -0.25) is 9.36 Å². The first-order valence-corrected chi connectivity index (χ1v) is 6.92. The summed E-state index contributed by atoms with van der Waals surface area (Å²) in [6.07, 6.45) is 5.13. The molecule has 1 N–H and O–H groups in total. The van der Waals surface area contributed by atoms with E-state index >= 15 is 0 Å². The first kappa shape index (κ1) is 13.8. The summed E-state index contributed by atoms with van der Waals surface area (Å²) in [4.78, 5) is 16.2. The van der Waals surface area contributed by atoms with Crippen LogP contribution in [0.4, 0.5) is 4.39 Å². The van der Waals surface area contributed by atoms with Gasteiger partial charge in [-0.25, -0.2) is 9.37 Å². The number of nitrogens with zero attached hydrogens (tertiary/aromatic N) is 2. The lowest BCUT2D eigenvalue weighted by atomic mass is 10.2. The van der Waals surface area contributed by atoms with Crippen LogP contribution < -0.4 is 5.32 Å². The minimum atomic E-state index is -0.316. The zero-order valence-corrected chi connectivity index (χ0v) is 11.5. The molecule has 6 heteroatoms. The number of amides is 1. The number of rotatable bonds is 4. The Morgan fingerprint density at radius 2 is 2.24 bits per heavy atom. The molecule has 1 aliphatic rings. The zero-order valence-electron chi connectivity index (χ0n) is 11.5. The maximum absolute atomic E-state index is 13.0. The first-order valence-electron chi connectivity index (χ1n) is 6.92. The van der Waals surface area contributed by atoms with Gasteiger partial charge in [0.2, 0.25) is 0 Å². The standard InChI is InChI=1S/C15H16FN3O2/c16-11-3-5-12(6-4-11)19-10-17-9-14(19)15(20)18-8-13-2-1-7-21-13/h3-6,9-10,13H,1-2,7-8H2,(H,18,20)/t13-/m0/s1. The van der Waals surface area contributed by atoms with E-state index in [9.17, 15) is 9.18 Å². The molecule has 21 heavy (non-hydrogen) atoms. The lowest BCUT2D eigenvalue weighted by molar-refractivity contribution is 0.0852. The molecule has 0 aliphatic carbocycles. The molecule has 0 unspecified atom stereocenters. The first-order chi connectivity index (χ1) is 10.2. The van der Waals surface area contributed by atoms with Crippen LogP contribution in [-0.4, -0.2) is 34.7 Å². The monoisotopic (exact) mass is 289 g/mol. The predicted molar refractivity (Wildman–Crippen MR) is 74.8 cm³/mol. The molecule has 1 amide bonds. The Balaban J connectivity index is 1.72. The molecule has 110 valence electrons. The molecular weight excluding hydrogens is 273 g/mol. The third-order valence-electron chi connectivity index (χ3n) is 3.49. The van der Waals surface area contributed by atoms with Crippen molar-refractivity contribution in [3.8, 4) is 5.69 Å². The number of halogens is 1. The molecule has 1 aliphatic heterocycles. The second kappa shape index (κ2) is 6.05. The van der Waals surface area contributed by atoms with E-state index in [1.165, 1.54) is 24.7 Å². The van der Waals surface area contributed by atoms with Gasteiger partial charge < -0.3 is 10.1 Å². The van der Waals surface area contributed by atoms with Gasteiger partial charge in [0.25, 0.3) is 5.91 Å². The maximum atomic E-state index is 13.0. The van der Waals surface area contributed by atoms with Crippen molar-refractivity contribution in [2.75, 3.05) is 13.2 Å². The van der Waals surface area contributed by atoms with Crippen molar-refractivity contribution in [3.63, 3.8) is 0 Å². The van der Waals surface area contributed by atoms with E-state index in [0.29, 0.717) is 17.9 Å². The molecule has 1 aromatic carbocycles. The lowest BCUT2D eigenvalue weighted by Gasteiger charge is -2.12.